The molecule has 1 N–H and O–H groups in total. The van der Waals surface area contributed by atoms with Crippen LogP contribution in [0.25, 0.3) is 0 Å². The quantitative estimate of drug-likeness (QED) is 0.821. The van der Waals surface area contributed by atoms with Gasteiger partial charge in [0.2, 0.25) is 0 Å². The van der Waals surface area contributed by atoms with Gasteiger partial charge >= 0.3 is 0 Å². The standard InChI is InChI=1S/C21H28N2O/c1-14-8-9-16(13-17(14)20(2,3)4)23-19(24)15-10-11-22-18(12-15)21(5,6)7/h8-13H,1-7H3,(H,23,24). The van der Waals surface area contributed by atoms with Gasteiger partial charge in [0.25, 0.3) is 5.91 Å². The average Bonchev–Trinajstić information content (AvgIpc) is 2.47. The Kier molecular flexibility index (Phi) is 4.84. The second-order valence-electron chi connectivity index (χ2n) is 8.41. The second-order valence-corrected chi connectivity index (χ2v) is 8.41. The molecule has 3 nitrogen and oxygen atoms in total. The number of carbonyl (C=O) groups is 1. The number of nitrogens with zero attached hydrogens (tertiary/aromatic N) is 1. The van der Waals surface area contributed by atoms with E-state index in [0.29, 0.717) is 5.56 Å². The Morgan fingerprint density at radius 2 is 1.62 bits per heavy atom. The van der Waals surface area contributed by atoms with Gasteiger partial charge in [-0.1, -0.05) is 47.6 Å². The third kappa shape index (κ3) is 4.22. The number of anilines is 1. The summed E-state index contributed by atoms with van der Waals surface area (Å²) in [6.45, 7) is 14.9. The molecule has 3 heteroatoms. The van der Waals surface area contributed by atoms with Crippen LogP contribution in [0.1, 0.15) is 68.7 Å². The van der Waals surface area contributed by atoms with Crippen molar-refractivity contribution in [3.8, 4) is 0 Å². The Labute approximate surface area is 145 Å². The molecule has 1 aromatic carbocycles. The molecule has 128 valence electrons. The van der Waals surface area contributed by atoms with Gasteiger partial charge < -0.3 is 5.32 Å². The molecule has 0 fully saturated rings. The van der Waals surface area contributed by atoms with Gasteiger partial charge in [-0.15, -0.1) is 0 Å². The number of nitrogens with one attached hydrogen (secondary N) is 1. The lowest BCUT2D eigenvalue weighted by atomic mass is 9.84. The molecule has 0 saturated heterocycles. The topological polar surface area (TPSA) is 42.0 Å². The lowest BCUT2D eigenvalue weighted by Crippen LogP contribution is -2.18. The maximum atomic E-state index is 12.6. The Morgan fingerprint density at radius 3 is 2.21 bits per heavy atom. The summed E-state index contributed by atoms with van der Waals surface area (Å²) >= 11 is 0. The molecule has 0 atom stereocenters. The molecule has 0 saturated carbocycles. The summed E-state index contributed by atoms with van der Waals surface area (Å²) in [5.74, 6) is -0.105. The normalized spacial score (nSPS) is 12.1. The zero-order valence-electron chi connectivity index (χ0n) is 15.8. The van der Waals surface area contributed by atoms with Crippen LogP contribution >= 0.6 is 0 Å². The SMILES string of the molecule is Cc1ccc(NC(=O)c2ccnc(C(C)(C)C)c2)cc1C(C)(C)C. The monoisotopic (exact) mass is 324 g/mol. The fourth-order valence-electron chi connectivity index (χ4n) is 2.69. The van der Waals surface area contributed by atoms with Crippen LogP contribution in [-0.2, 0) is 10.8 Å². The van der Waals surface area contributed by atoms with E-state index >= 15 is 0 Å². The zero-order valence-corrected chi connectivity index (χ0v) is 15.8. The number of hydrogen-bond acceptors (Lipinski definition) is 2. The molecule has 0 aliphatic heterocycles. The molecular weight excluding hydrogens is 296 g/mol. The minimum Gasteiger partial charge on any atom is -0.322 e. The van der Waals surface area contributed by atoms with Crippen LogP contribution in [0.15, 0.2) is 36.5 Å². The van der Waals surface area contributed by atoms with Crippen LogP contribution in [0, 0.1) is 6.92 Å². The van der Waals surface area contributed by atoms with Crippen LogP contribution in [-0.4, -0.2) is 10.9 Å². The molecule has 1 amide bonds. The lowest BCUT2D eigenvalue weighted by Gasteiger charge is -2.22. The number of benzene rings is 1. The molecule has 0 spiro atoms. The van der Waals surface area contributed by atoms with Gasteiger partial charge in [0.1, 0.15) is 0 Å². The van der Waals surface area contributed by atoms with Crippen LogP contribution in [0.2, 0.25) is 0 Å². The average molecular weight is 324 g/mol. The van der Waals surface area contributed by atoms with Crippen LogP contribution in [0.3, 0.4) is 0 Å². The molecule has 0 radical (unpaired) electrons. The molecule has 0 unspecified atom stereocenters. The molecular formula is C21H28N2O. The number of aromatic nitrogens is 1. The van der Waals surface area contributed by atoms with Gasteiger partial charge in [-0.25, -0.2) is 0 Å². The first-order valence-electron chi connectivity index (χ1n) is 8.37. The van der Waals surface area contributed by atoms with E-state index < -0.39 is 0 Å². The second kappa shape index (κ2) is 6.39. The number of aryl methyl sites for hydroxylation is 1. The summed E-state index contributed by atoms with van der Waals surface area (Å²) in [7, 11) is 0. The van der Waals surface area contributed by atoms with Crippen molar-refractivity contribution in [2.24, 2.45) is 0 Å². The van der Waals surface area contributed by atoms with Gasteiger partial charge in [0.15, 0.2) is 0 Å². The summed E-state index contributed by atoms with van der Waals surface area (Å²) in [5.41, 5.74) is 4.80. The van der Waals surface area contributed by atoms with E-state index in [2.05, 4.69) is 70.9 Å². The van der Waals surface area contributed by atoms with Crippen LogP contribution in [0.4, 0.5) is 5.69 Å². The molecule has 24 heavy (non-hydrogen) atoms. The van der Waals surface area contributed by atoms with Crippen LogP contribution < -0.4 is 5.32 Å². The number of carbonyl (C=O) groups excluding carboxylic acids is 1. The predicted octanol–water partition coefficient (Wildman–Crippen LogP) is 5.24. The molecule has 0 aliphatic rings. The fraction of sp³-hybridized carbons (Fsp3) is 0.429. The summed E-state index contributed by atoms with van der Waals surface area (Å²) < 4.78 is 0. The third-order valence-corrected chi connectivity index (χ3v) is 4.09. The highest BCUT2D eigenvalue weighted by molar-refractivity contribution is 6.04. The first-order chi connectivity index (χ1) is 11.0. The molecule has 2 rings (SSSR count). The van der Waals surface area contributed by atoms with Crippen LogP contribution in [0.5, 0.6) is 0 Å². The van der Waals surface area contributed by atoms with Crippen molar-refractivity contribution in [1.29, 1.82) is 0 Å². The largest absolute Gasteiger partial charge is 0.322 e. The van der Waals surface area contributed by atoms with Gasteiger partial charge in [0.05, 0.1) is 0 Å². The van der Waals surface area contributed by atoms with Crippen molar-refractivity contribution in [3.05, 3.63) is 58.9 Å². The van der Waals surface area contributed by atoms with E-state index in [1.54, 1.807) is 12.3 Å². The summed E-state index contributed by atoms with van der Waals surface area (Å²) in [4.78, 5) is 17.0. The van der Waals surface area contributed by atoms with Gasteiger partial charge in [-0.2, -0.15) is 0 Å². The molecule has 0 bridgehead atoms. The van der Waals surface area contributed by atoms with Gasteiger partial charge in [0, 0.05) is 28.6 Å². The number of amides is 1. The third-order valence-electron chi connectivity index (χ3n) is 4.09. The van der Waals surface area contributed by atoms with E-state index in [0.717, 1.165) is 11.4 Å². The smallest absolute Gasteiger partial charge is 0.255 e. The van der Waals surface area contributed by atoms with E-state index in [1.165, 1.54) is 11.1 Å². The summed E-state index contributed by atoms with van der Waals surface area (Å²) in [5, 5.41) is 3.01. The predicted molar refractivity (Wildman–Crippen MR) is 101 cm³/mol. The highest BCUT2D eigenvalue weighted by Gasteiger charge is 2.19. The van der Waals surface area contributed by atoms with Crippen molar-refractivity contribution in [2.45, 2.75) is 59.3 Å². The lowest BCUT2D eigenvalue weighted by molar-refractivity contribution is 0.102. The maximum absolute atomic E-state index is 12.6. The number of pyridine rings is 1. The Hall–Kier alpha value is -2.16. The number of rotatable bonds is 2. The van der Waals surface area contributed by atoms with Gasteiger partial charge in [-0.05, 0) is 47.7 Å². The highest BCUT2D eigenvalue weighted by Crippen LogP contribution is 2.28. The van der Waals surface area contributed by atoms with E-state index in [9.17, 15) is 4.79 Å². The van der Waals surface area contributed by atoms with E-state index in [-0.39, 0.29) is 16.7 Å². The molecule has 1 heterocycles. The molecule has 2 aromatic rings. The fourth-order valence-corrected chi connectivity index (χ4v) is 2.69. The Morgan fingerprint density at radius 1 is 0.958 bits per heavy atom. The van der Waals surface area contributed by atoms with E-state index in [4.69, 9.17) is 0 Å². The van der Waals surface area contributed by atoms with E-state index in [1.807, 2.05) is 12.1 Å². The van der Waals surface area contributed by atoms with Crippen molar-refractivity contribution in [3.63, 3.8) is 0 Å². The highest BCUT2D eigenvalue weighted by atomic mass is 16.1. The number of hydrogen-bond donors (Lipinski definition) is 1. The van der Waals surface area contributed by atoms with Crippen molar-refractivity contribution >= 4 is 11.6 Å². The molecule has 1 aromatic heterocycles. The molecule has 0 aliphatic carbocycles. The summed E-state index contributed by atoms with van der Waals surface area (Å²) in [6.07, 6.45) is 1.70. The first-order valence-corrected chi connectivity index (χ1v) is 8.37. The Bertz CT molecular complexity index is 749. The van der Waals surface area contributed by atoms with Crippen molar-refractivity contribution < 1.29 is 4.79 Å². The first kappa shape index (κ1) is 18.2. The minimum atomic E-state index is -0.105. The minimum absolute atomic E-state index is 0.0426. The zero-order chi connectivity index (χ0) is 18.1. The summed E-state index contributed by atoms with van der Waals surface area (Å²) in [6, 6.07) is 9.70. The Balaban J connectivity index is 2.28. The van der Waals surface area contributed by atoms with Crippen molar-refractivity contribution in [2.75, 3.05) is 5.32 Å². The van der Waals surface area contributed by atoms with Crippen molar-refractivity contribution in [1.82, 2.24) is 4.98 Å². The van der Waals surface area contributed by atoms with Gasteiger partial charge in [-0.3, -0.25) is 9.78 Å². The maximum Gasteiger partial charge on any atom is 0.255 e.